The Hall–Kier alpha value is -2.86. The number of nitrogens with one attached hydrogen (secondary N) is 2. The fourth-order valence-corrected chi connectivity index (χ4v) is 2.46. The van der Waals surface area contributed by atoms with E-state index in [0.717, 1.165) is 11.1 Å². The van der Waals surface area contributed by atoms with Crippen LogP contribution in [0.2, 0.25) is 0 Å². The van der Waals surface area contributed by atoms with E-state index in [1.807, 2.05) is 55.5 Å². The van der Waals surface area contributed by atoms with Gasteiger partial charge in [-0.3, -0.25) is 4.79 Å². The lowest BCUT2D eigenvalue weighted by molar-refractivity contribution is -0.131. The Bertz CT molecular complexity index is 719. The molecule has 0 radical (unpaired) electrons. The van der Waals surface area contributed by atoms with Gasteiger partial charge >= 0.3 is 6.03 Å². The van der Waals surface area contributed by atoms with Gasteiger partial charge in [0.15, 0.2) is 0 Å². The van der Waals surface area contributed by atoms with Gasteiger partial charge in [-0.2, -0.15) is 0 Å². The average Bonchev–Trinajstić information content (AvgIpc) is 2.64. The summed E-state index contributed by atoms with van der Waals surface area (Å²) in [5, 5.41) is 5.34. The van der Waals surface area contributed by atoms with E-state index < -0.39 is 6.03 Å². The summed E-state index contributed by atoms with van der Waals surface area (Å²) < 4.78 is 5.08. The van der Waals surface area contributed by atoms with Crippen molar-refractivity contribution in [3.05, 3.63) is 65.7 Å². The zero-order valence-corrected chi connectivity index (χ0v) is 15.2. The first-order chi connectivity index (χ1) is 12.6. The zero-order chi connectivity index (χ0) is 18.8. The third-order valence-corrected chi connectivity index (χ3v) is 3.81. The van der Waals surface area contributed by atoms with Crippen molar-refractivity contribution in [2.45, 2.75) is 13.5 Å². The molecule has 0 saturated heterocycles. The molecule has 2 N–H and O–H groups in total. The molecule has 6 nitrogen and oxygen atoms in total. The van der Waals surface area contributed by atoms with E-state index in [9.17, 15) is 9.59 Å². The van der Waals surface area contributed by atoms with Crippen LogP contribution in [0.15, 0.2) is 54.6 Å². The summed E-state index contributed by atoms with van der Waals surface area (Å²) >= 11 is 0. The molecule has 0 aliphatic carbocycles. The van der Waals surface area contributed by atoms with E-state index in [1.54, 1.807) is 18.1 Å². The van der Waals surface area contributed by atoms with Crippen molar-refractivity contribution < 1.29 is 14.3 Å². The minimum atomic E-state index is -0.407. The maximum absolute atomic E-state index is 12.5. The van der Waals surface area contributed by atoms with Gasteiger partial charge in [0.2, 0.25) is 5.91 Å². The number of benzene rings is 2. The van der Waals surface area contributed by atoms with Gasteiger partial charge in [-0.25, -0.2) is 4.79 Å². The normalized spacial score (nSPS) is 10.2. The third kappa shape index (κ3) is 6.57. The van der Waals surface area contributed by atoms with Crippen molar-refractivity contribution in [1.82, 2.24) is 10.2 Å². The summed E-state index contributed by atoms with van der Waals surface area (Å²) in [4.78, 5) is 26.2. The Balaban J connectivity index is 1.88. The monoisotopic (exact) mass is 355 g/mol. The van der Waals surface area contributed by atoms with Crippen molar-refractivity contribution in [2.75, 3.05) is 32.1 Å². The molecule has 0 heterocycles. The standard InChI is InChI=1S/C20H25N3O3/c1-16-7-6-10-18(13-16)22-20(25)21-14-19(24)23(11-12-26-2)15-17-8-4-3-5-9-17/h3-10,13H,11-12,14-15H2,1-2H3,(H2,21,22,25). The van der Waals surface area contributed by atoms with Crippen LogP contribution in [0.25, 0.3) is 0 Å². The summed E-state index contributed by atoms with van der Waals surface area (Å²) in [5.74, 6) is -0.162. The number of hydrogen-bond acceptors (Lipinski definition) is 3. The smallest absolute Gasteiger partial charge is 0.319 e. The molecule has 0 bridgehead atoms. The number of nitrogens with zero attached hydrogens (tertiary/aromatic N) is 1. The fraction of sp³-hybridized carbons (Fsp3) is 0.300. The summed E-state index contributed by atoms with van der Waals surface area (Å²) in [6.45, 7) is 3.25. The first-order valence-corrected chi connectivity index (χ1v) is 8.50. The summed E-state index contributed by atoms with van der Waals surface area (Å²) in [6.07, 6.45) is 0. The molecule has 26 heavy (non-hydrogen) atoms. The van der Waals surface area contributed by atoms with Crippen LogP contribution in [0.1, 0.15) is 11.1 Å². The summed E-state index contributed by atoms with van der Waals surface area (Å²) in [5.41, 5.74) is 2.77. The quantitative estimate of drug-likeness (QED) is 0.765. The van der Waals surface area contributed by atoms with E-state index in [1.165, 1.54) is 0 Å². The first kappa shape index (κ1) is 19.5. The number of aryl methyl sites for hydroxylation is 1. The number of ether oxygens (including phenoxy) is 1. The van der Waals surface area contributed by atoms with Crippen LogP contribution in [0.4, 0.5) is 10.5 Å². The van der Waals surface area contributed by atoms with E-state index in [2.05, 4.69) is 10.6 Å². The fourth-order valence-electron chi connectivity index (χ4n) is 2.46. The topological polar surface area (TPSA) is 70.7 Å². The molecule has 0 saturated carbocycles. The molecule has 2 aromatic rings. The molecule has 138 valence electrons. The van der Waals surface area contributed by atoms with Gasteiger partial charge < -0.3 is 20.3 Å². The Morgan fingerprint density at radius 1 is 1.08 bits per heavy atom. The minimum absolute atomic E-state index is 0.0752. The summed E-state index contributed by atoms with van der Waals surface area (Å²) in [6, 6.07) is 16.8. The van der Waals surface area contributed by atoms with Gasteiger partial charge in [0.1, 0.15) is 0 Å². The van der Waals surface area contributed by atoms with Crippen LogP contribution in [0, 0.1) is 6.92 Å². The van der Waals surface area contributed by atoms with Gasteiger partial charge in [-0.05, 0) is 30.2 Å². The lowest BCUT2D eigenvalue weighted by Gasteiger charge is -2.23. The molecule has 0 spiro atoms. The number of carbonyl (C=O) groups excluding carboxylic acids is 2. The van der Waals surface area contributed by atoms with Crippen molar-refractivity contribution in [2.24, 2.45) is 0 Å². The Morgan fingerprint density at radius 2 is 1.85 bits per heavy atom. The van der Waals surface area contributed by atoms with Gasteiger partial charge in [-0.1, -0.05) is 42.5 Å². The lowest BCUT2D eigenvalue weighted by atomic mass is 10.2. The molecule has 0 atom stereocenters. The van der Waals surface area contributed by atoms with E-state index in [-0.39, 0.29) is 12.5 Å². The predicted octanol–water partition coefficient (Wildman–Crippen LogP) is 2.79. The van der Waals surface area contributed by atoms with Gasteiger partial charge in [0, 0.05) is 25.9 Å². The van der Waals surface area contributed by atoms with Crippen LogP contribution < -0.4 is 10.6 Å². The second kappa shape index (κ2) is 10.2. The minimum Gasteiger partial charge on any atom is -0.383 e. The molecule has 3 amide bonds. The molecule has 0 unspecified atom stereocenters. The third-order valence-electron chi connectivity index (χ3n) is 3.81. The molecule has 0 aliphatic heterocycles. The molecule has 0 aliphatic rings. The van der Waals surface area contributed by atoms with Crippen molar-refractivity contribution in [1.29, 1.82) is 0 Å². The lowest BCUT2D eigenvalue weighted by Crippen LogP contribution is -2.42. The molecule has 6 heteroatoms. The molecule has 0 fully saturated rings. The SMILES string of the molecule is COCCN(Cc1ccccc1)C(=O)CNC(=O)Nc1cccc(C)c1. The molecular weight excluding hydrogens is 330 g/mol. The van der Waals surface area contributed by atoms with Gasteiger partial charge in [0.25, 0.3) is 0 Å². The van der Waals surface area contributed by atoms with Crippen LogP contribution in [-0.2, 0) is 16.1 Å². The highest BCUT2D eigenvalue weighted by molar-refractivity contribution is 5.92. The van der Waals surface area contributed by atoms with Gasteiger partial charge in [-0.15, -0.1) is 0 Å². The predicted molar refractivity (Wildman–Crippen MR) is 102 cm³/mol. The van der Waals surface area contributed by atoms with E-state index >= 15 is 0 Å². The second-order valence-corrected chi connectivity index (χ2v) is 5.97. The largest absolute Gasteiger partial charge is 0.383 e. The maximum atomic E-state index is 12.5. The zero-order valence-electron chi connectivity index (χ0n) is 15.2. The number of rotatable bonds is 8. The number of carbonyl (C=O) groups is 2. The average molecular weight is 355 g/mol. The van der Waals surface area contributed by atoms with Crippen molar-refractivity contribution in [3.8, 4) is 0 Å². The van der Waals surface area contributed by atoms with Crippen molar-refractivity contribution >= 4 is 17.6 Å². The molecular formula is C20H25N3O3. The van der Waals surface area contributed by atoms with Gasteiger partial charge in [0.05, 0.1) is 13.2 Å². The summed E-state index contributed by atoms with van der Waals surface area (Å²) in [7, 11) is 1.60. The highest BCUT2D eigenvalue weighted by Gasteiger charge is 2.15. The molecule has 2 rings (SSSR count). The number of hydrogen-bond donors (Lipinski definition) is 2. The first-order valence-electron chi connectivity index (χ1n) is 8.50. The van der Waals surface area contributed by atoms with Crippen LogP contribution in [0.3, 0.4) is 0 Å². The number of urea groups is 1. The highest BCUT2D eigenvalue weighted by atomic mass is 16.5. The maximum Gasteiger partial charge on any atom is 0.319 e. The van der Waals surface area contributed by atoms with Crippen LogP contribution >= 0.6 is 0 Å². The van der Waals surface area contributed by atoms with E-state index in [4.69, 9.17) is 4.74 Å². The second-order valence-electron chi connectivity index (χ2n) is 5.97. The van der Waals surface area contributed by atoms with Crippen LogP contribution in [0.5, 0.6) is 0 Å². The molecule has 0 aromatic heterocycles. The number of anilines is 1. The number of amides is 3. The Morgan fingerprint density at radius 3 is 2.54 bits per heavy atom. The van der Waals surface area contributed by atoms with Crippen LogP contribution in [-0.4, -0.2) is 43.6 Å². The Labute approximate surface area is 154 Å². The van der Waals surface area contributed by atoms with E-state index in [0.29, 0.717) is 25.4 Å². The molecule has 2 aromatic carbocycles. The highest BCUT2D eigenvalue weighted by Crippen LogP contribution is 2.09. The Kier molecular flexibility index (Phi) is 7.64. The number of methoxy groups -OCH3 is 1. The van der Waals surface area contributed by atoms with Crippen molar-refractivity contribution in [3.63, 3.8) is 0 Å².